The van der Waals surface area contributed by atoms with Crippen molar-refractivity contribution < 1.29 is 34.5 Å². The van der Waals surface area contributed by atoms with Gasteiger partial charge in [-0.1, -0.05) is 31.9 Å². The number of amides is 4. The lowest BCUT2D eigenvalue weighted by Gasteiger charge is -2.37. The maximum atomic E-state index is 13.4. The van der Waals surface area contributed by atoms with Crippen LogP contribution in [0.4, 0.5) is 9.59 Å². The van der Waals surface area contributed by atoms with Crippen LogP contribution in [-0.4, -0.2) is 75.5 Å². The second-order valence-corrected chi connectivity index (χ2v) is 8.81. The summed E-state index contributed by atoms with van der Waals surface area (Å²) in [6.07, 6.45) is 1.87. The molecule has 1 saturated heterocycles. The van der Waals surface area contributed by atoms with Crippen molar-refractivity contribution in [2.45, 2.75) is 51.4 Å². The zero-order valence-electron chi connectivity index (χ0n) is 19.1. The average Bonchev–Trinajstić information content (AvgIpc) is 3.17. The Kier molecular flexibility index (Phi) is 8.86. The molecule has 184 valence electrons. The Bertz CT molecular complexity index is 955. The minimum absolute atomic E-state index is 0.00157. The summed E-state index contributed by atoms with van der Waals surface area (Å²) in [5, 5.41) is 35.4. The van der Waals surface area contributed by atoms with E-state index in [4.69, 9.17) is 11.5 Å². The molecule has 4 amide bonds. The molecule has 0 radical (unpaired) electrons. The Balaban J connectivity index is 2.14. The highest BCUT2D eigenvalue weighted by molar-refractivity contribution is 5.92. The number of β-amino-alcohol motifs (C(OH)–C–C–N with tert-alkyl or cyclic N) is 1. The Morgan fingerprint density at radius 1 is 1.15 bits per heavy atom. The lowest BCUT2D eigenvalue weighted by molar-refractivity contribution is -0.142. The van der Waals surface area contributed by atoms with Gasteiger partial charge in [-0.25, -0.2) is 9.59 Å². The Hall–Kier alpha value is -3.78. The van der Waals surface area contributed by atoms with Crippen molar-refractivity contribution in [2.24, 2.45) is 5.41 Å². The predicted octanol–water partition coefficient (Wildman–Crippen LogP) is 0.566. The number of likely N-dealkylation sites (tertiary alicyclic amines) is 1. The highest BCUT2D eigenvalue weighted by Gasteiger charge is 2.45. The molecule has 0 saturated carbocycles. The molecule has 3 atom stereocenters. The molecule has 1 aromatic carbocycles. The number of aliphatic hydroxyl groups excluding tert-OH is 1. The van der Waals surface area contributed by atoms with E-state index in [2.05, 4.69) is 21.9 Å². The van der Waals surface area contributed by atoms with Crippen molar-refractivity contribution in [2.75, 3.05) is 13.1 Å². The second-order valence-electron chi connectivity index (χ2n) is 8.81. The van der Waals surface area contributed by atoms with E-state index in [1.807, 2.05) is 0 Å². The third kappa shape index (κ3) is 7.11. The molecular weight excluding hydrogens is 444 g/mol. The van der Waals surface area contributed by atoms with Crippen molar-refractivity contribution in [3.63, 3.8) is 0 Å². The number of carbonyl (C=O) groups is 4. The van der Waals surface area contributed by atoms with Gasteiger partial charge in [-0.3, -0.25) is 9.59 Å². The number of carbonyl (C=O) groups excluding carboxylic acids is 2. The summed E-state index contributed by atoms with van der Waals surface area (Å²) in [5.74, 6) is 1.35. The molecule has 1 aliphatic heterocycles. The van der Waals surface area contributed by atoms with Crippen LogP contribution in [0.15, 0.2) is 24.3 Å². The maximum Gasteiger partial charge on any atom is 0.405 e. The van der Waals surface area contributed by atoms with Crippen molar-refractivity contribution in [1.29, 1.82) is 0 Å². The van der Waals surface area contributed by atoms with Gasteiger partial charge in [-0.05, 0) is 29.5 Å². The van der Waals surface area contributed by atoms with Gasteiger partial charge in [-0.2, -0.15) is 0 Å². The standard InChI is InChI=1S/C23H30N4O7/c1-4-14-5-7-15(8-6-14)12-25-19(29)17-11-16(28)13-27(17)20(30)18(26-22(33)34)23(2,3)9-10-24-21(31)32/h1,5-8,16-18,24,26,28H,9-13H2,2-3H3,(H,25,29)(H,31,32)(H,33,34)/t16-,17+,18?/m1/s1. The van der Waals surface area contributed by atoms with Crippen molar-refractivity contribution >= 4 is 24.0 Å². The summed E-state index contributed by atoms with van der Waals surface area (Å²) < 4.78 is 0. The number of terminal acetylenes is 1. The van der Waals surface area contributed by atoms with Crippen LogP contribution in [0.2, 0.25) is 0 Å². The minimum atomic E-state index is -1.44. The van der Waals surface area contributed by atoms with Gasteiger partial charge < -0.3 is 36.2 Å². The first kappa shape index (κ1) is 26.5. The van der Waals surface area contributed by atoms with Crippen molar-refractivity contribution in [3.05, 3.63) is 35.4 Å². The Morgan fingerprint density at radius 3 is 2.35 bits per heavy atom. The number of nitrogens with one attached hydrogen (secondary N) is 3. The third-order valence-electron chi connectivity index (χ3n) is 5.79. The van der Waals surface area contributed by atoms with Gasteiger partial charge in [0.2, 0.25) is 11.8 Å². The molecular formula is C23H30N4O7. The number of aliphatic hydroxyl groups is 1. The van der Waals surface area contributed by atoms with E-state index in [1.165, 1.54) is 4.90 Å². The second kappa shape index (κ2) is 11.4. The molecule has 34 heavy (non-hydrogen) atoms. The quantitative estimate of drug-likeness (QED) is 0.284. The van der Waals surface area contributed by atoms with Crippen LogP contribution in [0.5, 0.6) is 0 Å². The molecule has 0 aromatic heterocycles. The fourth-order valence-electron chi connectivity index (χ4n) is 3.85. The SMILES string of the molecule is C#Cc1ccc(CNC(=O)[C@@H]2C[C@@H](O)CN2C(=O)C(NC(=O)O)C(C)(C)CCNC(=O)O)cc1. The van der Waals surface area contributed by atoms with Gasteiger partial charge >= 0.3 is 12.2 Å². The molecule has 2 rings (SSSR count). The van der Waals surface area contributed by atoms with E-state index in [0.717, 1.165) is 5.56 Å². The van der Waals surface area contributed by atoms with Gasteiger partial charge in [0.15, 0.2) is 0 Å². The number of rotatable bonds is 9. The lowest BCUT2D eigenvalue weighted by Crippen LogP contribution is -2.58. The van der Waals surface area contributed by atoms with Gasteiger partial charge in [0.05, 0.1) is 6.10 Å². The largest absolute Gasteiger partial charge is 0.465 e. The topological polar surface area (TPSA) is 168 Å². The van der Waals surface area contributed by atoms with E-state index in [1.54, 1.807) is 38.1 Å². The molecule has 11 nitrogen and oxygen atoms in total. The Labute approximate surface area is 197 Å². The third-order valence-corrected chi connectivity index (χ3v) is 5.79. The van der Waals surface area contributed by atoms with E-state index in [0.29, 0.717) is 5.56 Å². The normalized spacial score (nSPS) is 18.5. The monoisotopic (exact) mass is 474 g/mol. The summed E-state index contributed by atoms with van der Waals surface area (Å²) in [4.78, 5) is 49.6. The van der Waals surface area contributed by atoms with Gasteiger partial charge in [-0.15, -0.1) is 6.42 Å². The van der Waals surface area contributed by atoms with Crippen LogP contribution in [0.3, 0.4) is 0 Å². The lowest BCUT2D eigenvalue weighted by atomic mass is 9.80. The molecule has 6 N–H and O–H groups in total. The van der Waals surface area contributed by atoms with Crippen LogP contribution in [0, 0.1) is 17.8 Å². The predicted molar refractivity (Wildman–Crippen MR) is 122 cm³/mol. The van der Waals surface area contributed by atoms with E-state index < -0.39 is 47.6 Å². The molecule has 1 aliphatic rings. The van der Waals surface area contributed by atoms with Crippen LogP contribution in [-0.2, 0) is 16.1 Å². The van der Waals surface area contributed by atoms with Crippen LogP contribution in [0.1, 0.15) is 37.8 Å². The number of hydrogen-bond donors (Lipinski definition) is 6. The summed E-state index contributed by atoms with van der Waals surface area (Å²) >= 11 is 0. The molecule has 0 bridgehead atoms. The summed E-state index contributed by atoms with van der Waals surface area (Å²) in [5.41, 5.74) is 0.496. The van der Waals surface area contributed by atoms with Crippen molar-refractivity contribution in [3.8, 4) is 12.3 Å². The molecule has 0 aliphatic carbocycles. The van der Waals surface area contributed by atoms with Gasteiger partial charge in [0.1, 0.15) is 12.1 Å². The summed E-state index contributed by atoms with van der Waals surface area (Å²) in [6.45, 7) is 3.29. The van der Waals surface area contributed by atoms with Gasteiger partial charge in [0.25, 0.3) is 0 Å². The minimum Gasteiger partial charge on any atom is -0.465 e. The molecule has 11 heteroatoms. The van der Waals surface area contributed by atoms with Crippen LogP contribution in [0.25, 0.3) is 0 Å². The van der Waals surface area contributed by atoms with E-state index >= 15 is 0 Å². The zero-order valence-corrected chi connectivity index (χ0v) is 19.1. The average molecular weight is 475 g/mol. The fourth-order valence-corrected chi connectivity index (χ4v) is 3.85. The first-order valence-corrected chi connectivity index (χ1v) is 10.7. The highest BCUT2D eigenvalue weighted by atomic mass is 16.4. The first-order valence-electron chi connectivity index (χ1n) is 10.7. The van der Waals surface area contributed by atoms with Crippen LogP contribution >= 0.6 is 0 Å². The van der Waals surface area contributed by atoms with E-state index in [-0.39, 0.29) is 32.5 Å². The molecule has 0 spiro atoms. The fraction of sp³-hybridized carbons (Fsp3) is 0.478. The number of nitrogens with zero attached hydrogens (tertiary/aromatic N) is 1. The molecule has 1 heterocycles. The smallest absolute Gasteiger partial charge is 0.405 e. The maximum absolute atomic E-state index is 13.4. The van der Waals surface area contributed by atoms with E-state index in [9.17, 15) is 29.4 Å². The molecule has 1 aromatic rings. The highest BCUT2D eigenvalue weighted by Crippen LogP contribution is 2.29. The van der Waals surface area contributed by atoms with Gasteiger partial charge in [0, 0.05) is 31.6 Å². The van der Waals surface area contributed by atoms with Crippen molar-refractivity contribution in [1.82, 2.24) is 20.9 Å². The molecule has 1 fully saturated rings. The zero-order chi connectivity index (χ0) is 25.5. The number of benzene rings is 1. The Morgan fingerprint density at radius 2 is 1.79 bits per heavy atom. The number of carboxylic acid groups (broad SMARTS) is 2. The first-order chi connectivity index (χ1) is 15.9. The number of hydrogen-bond acceptors (Lipinski definition) is 5. The summed E-state index contributed by atoms with van der Waals surface area (Å²) in [6, 6.07) is 4.75. The van der Waals surface area contributed by atoms with Crippen LogP contribution < -0.4 is 16.0 Å². The molecule has 1 unspecified atom stereocenters. The summed E-state index contributed by atoms with van der Waals surface area (Å²) in [7, 11) is 0.